The van der Waals surface area contributed by atoms with Gasteiger partial charge < -0.3 is 19.5 Å². The van der Waals surface area contributed by atoms with Gasteiger partial charge in [-0.3, -0.25) is 9.69 Å². The van der Waals surface area contributed by atoms with Crippen molar-refractivity contribution in [2.45, 2.75) is 19.3 Å². The number of anilines is 3. The molecule has 0 radical (unpaired) electrons. The van der Waals surface area contributed by atoms with Crippen LogP contribution in [0.2, 0.25) is 0 Å². The Bertz CT molecular complexity index is 940. The van der Waals surface area contributed by atoms with Gasteiger partial charge in [-0.05, 0) is 49.6 Å². The van der Waals surface area contributed by atoms with E-state index >= 15 is 0 Å². The summed E-state index contributed by atoms with van der Waals surface area (Å²) in [7, 11) is 0. The summed E-state index contributed by atoms with van der Waals surface area (Å²) >= 11 is 0. The number of hydrogen-bond donors (Lipinski definition) is 1. The maximum absolute atomic E-state index is 12.7. The fourth-order valence-corrected chi connectivity index (χ4v) is 4.27. The highest BCUT2D eigenvalue weighted by Gasteiger charge is 2.22. The highest BCUT2D eigenvalue weighted by Crippen LogP contribution is 2.33. The average Bonchev–Trinajstić information content (AvgIpc) is 3.30. The van der Waals surface area contributed by atoms with Crippen molar-refractivity contribution in [3.63, 3.8) is 0 Å². The summed E-state index contributed by atoms with van der Waals surface area (Å²) in [5.74, 6) is -0.134. The van der Waals surface area contributed by atoms with Crippen molar-refractivity contribution in [1.82, 2.24) is 4.90 Å². The Morgan fingerprint density at radius 1 is 1.03 bits per heavy atom. The number of benzene rings is 1. The maximum Gasteiger partial charge on any atom is 0.291 e. The number of hydrogen-bond acceptors (Lipinski definition) is 6. The Labute approximate surface area is 182 Å². The first-order chi connectivity index (χ1) is 15.2. The van der Waals surface area contributed by atoms with Gasteiger partial charge in [0.15, 0.2) is 5.76 Å². The maximum atomic E-state index is 12.7. The lowest BCUT2D eigenvalue weighted by Crippen LogP contribution is -2.47. The van der Waals surface area contributed by atoms with Crippen LogP contribution in [-0.4, -0.2) is 63.3 Å². The van der Waals surface area contributed by atoms with Crippen molar-refractivity contribution in [3.8, 4) is 6.07 Å². The zero-order valence-electron chi connectivity index (χ0n) is 17.6. The monoisotopic (exact) mass is 425 g/mol. The number of amides is 1. The first kappa shape index (κ1) is 21.2. The van der Waals surface area contributed by atoms with Crippen molar-refractivity contribution >= 4 is 23.0 Å². The molecule has 2 saturated heterocycles. The third kappa shape index (κ3) is 5.00. The van der Waals surface area contributed by atoms with Crippen molar-refractivity contribution in [2.75, 3.05) is 67.6 Å². The highest BCUT2D eigenvalue weighted by atomic mass is 19.1. The molecule has 0 atom stereocenters. The smallest absolute Gasteiger partial charge is 0.291 e. The summed E-state index contributed by atoms with van der Waals surface area (Å²) in [6.45, 7) is 5.51. The van der Waals surface area contributed by atoms with E-state index in [0.717, 1.165) is 69.2 Å². The van der Waals surface area contributed by atoms with E-state index in [2.05, 4.69) is 26.1 Å². The van der Waals surface area contributed by atoms with Gasteiger partial charge in [0.25, 0.3) is 5.91 Å². The molecule has 0 unspecified atom stereocenters. The largest absolute Gasteiger partial charge is 0.440 e. The number of piperazine rings is 1. The molecule has 164 valence electrons. The minimum absolute atomic E-state index is 0.114. The standard InChI is InChI=1S/C23H28FN5O2/c24-8-11-27-12-14-28(15-13-27)18-4-6-20(21(16-18)29-9-2-1-3-10-29)26-23(30)22-7-5-19(17-25)31-22/h4-7,16H,1-3,8-15H2,(H,26,30). The van der Waals surface area contributed by atoms with Crippen LogP contribution in [0.1, 0.15) is 35.6 Å². The summed E-state index contributed by atoms with van der Waals surface area (Å²) in [5, 5.41) is 11.9. The number of rotatable bonds is 6. The molecule has 2 aromatic rings. The van der Waals surface area contributed by atoms with E-state index in [0.29, 0.717) is 6.54 Å². The summed E-state index contributed by atoms with van der Waals surface area (Å²) in [4.78, 5) is 19.5. The number of carbonyl (C=O) groups excluding carboxylic acids is 1. The Kier molecular flexibility index (Phi) is 6.73. The lowest BCUT2D eigenvalue weighted by atomic mass is 10.1. The van der Waals surface area contributed by atoms with E-state index in [1.807, 2.05) is 18.2 Å². The van der Waals surface area contributed by atoms with Gasteiger partial charge in [0.2, 0.25) is 5.76 Å². The zero-order valence-corrected chi connectivity index (χ0v) is 17.6. The highest BCUT2D eigenvalue weighted by molar-refractivity contribution is 6.04. The Morgan fingerprint density at radius 3 is 2.48 bits per heavy atom. The van der Waals surface area contributed by atoms with Gasteiger partial charge in [-0.15, -0.1) is 0 Å². The van der Waals surface area contributed by atoms with Crippen LogP contribution in [0.5, 0.6) is 0 Å². The molecule has 4 rings (SSSR count). The van der Waals surface area contributed by atoms with Crippen LogP contribution in [-0.2, 0) is 0 Å². The topological polar surface area (TPSA) is 75.8 Å². The second kappa shape index (κ2) is 9.84. The first-order valence-electron chi connectivity index (χ1n) is 10.9. The molecule has 1 aromatic heterocycles. The van der Waals surface area contributed by atoms with Crippen LogP contribution in [0.4, 0.5) is 21.5 Å². The average molecular weight is 426 g/mol. The Morgan fingerprint density at radius 2 is 1.81 bits per heavy atom. The molecule has 31 heavy (non-hydrogen) atoms. The number of carbonyl (C=O) groups is 1. The normalized spacial score (nSPS) is 17.4. The van der Waals surface area contributed by atoms with Crippen molar-refractivity contribution in [1.29, 1.82) is 5.26 Å². The van der Waals surface area contributed by atoms with Crippen LogP contribution >= 0.6 is 0 Å². The molecule has 1 N–H and O–H groups in total. The molecule has 0 spiro atoms. The van der Waals surface area contributed by atoms with Gasteiger partial charge in [-0.1, -0.05) is 0 Å². The summed E-state index contributed by atoms with van der Waals surface area (Å²) in [6, 6.07) is 11.0. The molecule has 8 heteroatoms. The molecule has 0 saturated carbocycles. The van der Waals surface area contributed by atoms with E-state index in [-0.39, 0.29) is 24.1 Å². The number of piperidine rings is 1. The lowest BCUT2D eigenvalue weighted by molar-refractivity contribution is 0.0996. The predicted molar refractivity (Wildman–Crippen MR) is 119 cm³/mol. The first-order valence-corrected chi connectivity index (χ1v) is 10.9. The zero-order chi connectivity index (χ0) is 21.6. The third-order valence-corrected chi connectivity index (χ3v) is 6.00. The number of alkyl halides is 1. The van der Waals surface area contributed by atoms with E-state index in [9.17, 15) is 9.18 Å². The Balaban J connectivity index is 1.55. The molecule has 1 amide bonds. The van der Waals surface area contributed by atoms with Crippen molar-refractivity contribution < 1.29 is 13.6 Å². The van der Waals surface area contributed by atoms with E-state index < -0.39 is 0 Å². The fourth-order valence-electron chi connectivity index (χ4n) is 4.27. The van der Waals surface area contributed by atoms with Gasteiger partial charge in [0.1, 0.15) is 12.7 Å². The molecule has 2 aliphatic heterocycles. The van der Waals surface area contributed by atoms with Crippen LogP contribution in [0.3, 0.4) is 0 Å². The molecule has 3 heterocycles. The van der Waals surface area contributed by atoms with E-state index in [1.54, 1.807) is 0 Å². The number of halogens is 1. The molecule has 7 nitrogen and oxygen atoms in total. The van der Waals surface area contributed by atoms with Gasteiger partial charge in [0.05, 0.1) is 11.4 Å². The second-order valence-corrected chi connectivity index (χ2v) is 8.00. The van der Waals surface area contributed by atoms with Crippen LogP contribution in [0, 0.1) is 11.3 Å². The fraction of sp³-hybridized carbons (Fsp3) is 0.478. The molecular formula is C23H28FN5O2. The number of nitrogens with one attached hydrogen (secondary N) is 1. The third-order valence-electron chi connectivity index (χ3n) is 6.00. The molecular weight excluding hydrogens is 397 g/mol. The van der Waals surface area contributed by atoms with Gasteiger partial charge in [-0.25, -0.2) is 4.39 Å². The van der Waals surface area contributed by atoms with Gasteiger partial charge >= 0.3 is 0 Å². The minimum atomic E-state index is -0.368. The molecule has 0 aliphatic carbocycles. The van der Waals surface area contributed by atoms with E-state index in [4.69, 9.17) is 9.68 Å². The molecule has 1 aromatic carbocycles. The summed E-state index contributed by atoms with van der Waals surface area (Å²) in [5.41, 5.74) is 2.86. The lowest BCUT2D eigenvalue weighted by Gasteiger charge is -2.37. The number of furan rings is 1. The molecule has 0 bridgehead atoms. The summed E-state index contributed by atoms with van der Waals surface area (Å²) in [6.07, 6.45) is 3.48. The minimum Gasteiger partial charge on any atom is -0.440 e. The van der Waals surface area contributed by atoms with Crippen LogP contribution in [0.15, 0.2) is 34.7 Å². The molecule has 2 aliphatic rings. The second-order valence-electron chi connectivity index (χ2n) is 8.00. The van der Waals surface area contributed by atoms with Crippen molar-refractivity contribution in [3.05, 3.63) is 41.9 Å². The SMILES string of the molecule is N#Cc1ccc(C(=O)Nc2ccc(N3CCN(CCF)CC3)cc2N2CCCCC2)o1. The van der Waals surface area contributed by atoms with Crippen LogP contribution < -0.4 is 15.1 Å². The Hall–Kier alpha value is -3.05. The number of nitrogens with zero attached hydrogens (tertiary/aromatic N) is 4. The summed E-state index contributed by atoms with van der Waals surface area (Å²) < 4.78 is 17.9. The number of nitriles is 1. The molecule has 2 fully saturated rings. The van der Waals surface area contributed by atoms with Crippen LogP contribution in [0.25, 0.3) is 0 Å². The quantitative estimate of drug-likeness (QED) is 0.764. The van der Waals surface area contributed by atoms with Gasteiger partial charge in [-0.2, -0.15) is 5.26 Å². The van der Waals surface area contributed by atoms with E-state index in [1.165, 1.54) is 18.6 Å². The predicted octanol–water partition coefficient (Wildman–Crippen LogP) is 3.49. The van der Waals surface area contributed by atoms with Crippen molar-refractivity contribution in [2.24, 2.45) is 0 Å². The van der Waals surface area contributed by atoms with Gasteiger partial charge in [0, 0.05) is 51.5 Å².